The molecule has 0 atom stereocenters. The Balaban J connectivity index is 1.52. The number of benzene rings is 1. The van der Waals surface area contributed by atoms with Crippen LogP contribution in [0, 0.1) is 3.57 Å². The zero-order chi connectivity index (χ0) is 15.6. The van der Waals surface area contributed by atoms with Crippen LogP contribution in [0.4, 0.5) is 5.69 Å². The first kappa shape index (κ1) is 15.3. The van der Waals surface area contributed by atoms with Crippen LogP contribution in [-0.4, -0.2) is 36.3 Å². The second-order valence-electron chi connectivity index (χ2n) is 5.53. The van der Waals surface area contributed by atoms with E-state index in [0.29, 0.717) is 0 Å². The first-order valence-corrected chi connectivity index (χ1v) is 9.56. The van der Waals surface area contributed by atoms with Gasteiger partial charge in [-0.05, 0) is 40.3 Å². The number of hydrogen-bond donors (Lipinski definition) is 0. The molecule has 1 aliphatic heterocycles. The van der Waals surface area contributed by atoms with Crippen molar-refractivity contribution in [1.82, 2.24) is 9.97 Å². The van der Waals surface area contributed by atoms with Crippen LogP contribution < -0.4 is 4.90 Å². The summed E-state index contributed by atoms with van der Waals surface area (Å²) in [5.74, 6) is 0.882. The quantitative estimate of drug-likeness (QED) is 0.586. The number of aromatic nitrogens is 2. The Morgan fingerprint density at radius 1 is 1.17 bits per heavy atom. The molecule has 1 aromatic carbocycles. The standard InChI is InChI=1S/C17H16IN3OS/c18-14-11-23-15-10-19-16(20-17(14)15)9-12-1-3-13(4-2-12)21-5-7-22-8-6-21/h1-4,10-11H,5-9H2. The van der Waals surface area contributed by atoms with Crippen molar-refractivity contribution < 1.29 is 4.74 Å². The number of rotatable bonds is 3. The second kappa shape index (κ2) is 6.70. The molecule has 0 N–H and O–H groups in total. The van der Waals surface area contributed by atoms with Crippen LogP contribution in [0.5, 0.6) is 0 Å². The van der Waals surface area contributed by atoms with Crippen LogP contribution in [0.15, 0.2) is 35.8 Å². The van der Waals surface area contributed by atoms with E-state index in [4.69, 9.17) is 9.72 Å². The topological polar surface area (TPSA) is 38.2 Å². The molecule has 0 unspecified atom stereocenters. The molecule has 1 saturated heterocycles. The minimum Gasteiger partial charge on any atom is -0.378 e. The summed E-state index contributed by atoms with van der Waals surface area (Å²) in [5.41, 5.74) is 3.58. The first-order chi connectivity index (χ1) is 11.3. The van der Waals surface area contributed by atoms with E-state index in [1.807, 2.05) is 6.20 Å². The highest BCUT2D eigenvalue weighted by Gasteiger charge is 2.11. The molecule has 0 spiro atoms. The number of thiophene rings is 1. The minimum absolute atomic E-state index is 0.769. The summed E-state index contributed by atoms with van der Waals surface area (Å²) in [4.78, 5) is 11.6. The van der Waals surface area contributed by atoms with Gasteiger partial charge in [0.25, 0.3) is 0 Å². The van der Waals surface area contributed by atoms with E-state index in [1.54, 1.807) is 11.3 Å². The van der Waals surface area contributed by atoms with E-state index in [0.717, 1.165) is 48.8 Å². The molecule has 0 aliphatic carbocycles. The molecule has 1 fully saturated rings. The van der Waals surface area contributed by atoms with Crippen LogP contribution in [0.3, 0.4) is 0 Å². The fourth-order valence-corrected chi connectivity index (χ4v) is 4.45. The van der Waals surface area contributed by atoms with E-state index in [1.165, 1.54) is 14.8 Å². The first-order valence-electron chi connectivity index (χ1n) is 7.60. The lowest BCUT2D eigenvalue weighted by Gasteiger charge is -2.28. The predicted octanol–water partition coefficient (Wildman–Crippen LogP) is 3.72. The Labute approximate surface area is 152 Å². The third kappa shape index (κ3) is 3.34. The van der Waals surface area contributed by atoms with Gasteiger partial charge in [0.05, 0.1) is 27.0 Å². The van der Waals surface area contributed by atoms with E-state index in [-0.39, 0.29) is 0 Å². The van der Waals surface area contributed by atoms with Crippen LogP contribution in [0.1, 0.15) is 11.4 Å². The van der Waals surface area contributed by atoms with Gasteiger partial charge in [-0.2, -0.15) is 0 Å². The van der Waals surface area contributed by atoms with Crippen molar-refractivity contribution in [3.05, 3.63) is 50.8 Å². The zero-order valence-corrected chi connectivity index (χ0v) is 15.5. The molecule has 4 nitrogen and oxygen atoms in total. The summed E-state index contributed by atoms with van der Waals surface area (Å²) in [6, 6.07) is 8.73. The van der Waals surface area contributed by atoms with E-state index >= 15 is 0 Å². The highest BCUT2D eigenvalue weighted by molar-refractivity contribution is 14.1. The number of ether oxygens (including phenoxy) is 1. The fourth-order valence-electron chi connectivity index (χ4n) is 2.75. The molecule has 4 rings (SSSR count). The third-order valence-electron chi connectivity index (χ3n) is 4.00. The highest BCUT2D eigenvalue weighted by Crippen LogP contribution is 2.25. The van der Waals surface area contributed by atoms with E-state index in [9.17, 15) is 0 Å². The number of hydrogen-bond acceptors (Lipinski definition) is 5. The molecule has 1 aliphatic rings. The Morgan fingerprint density at radius 3 is 2.74 bits per heavy atom. The van der Waals surface area contributed by atoms with Crippen molar-refractivity contribution in [3.63, 3.8) is 0 Å². The highest BCUT2D eigenvalue weighted by atomic mass is 127. The Hall–Kier alpha value is -1.25. The van der Waals surface area contributed by atoms with Crippen molar-refractivity contribution in [2.24, 2.45) is 0 Å². The Bertz CT molecular complexity index is 812. The maximum absolute atomic E-state index is 5.40. The van der Waals surface area contributed by atoms with Gasteiger partial charge < -0.3 is 9.64 Å². The monoisotopic (exact) mass is 437 g/mol. The molecule has 2 aromatic heterocycles. The predicted molar refractivity (Wildman–Crippen MR) is 102 cm³/mol. The number of nitrogens with zero attached hydrogens (tertiary/aromatic N) is 3. The minimum atomic E-state index is 0.769. The normalized spacial score (nSPS) is 15.3. The van der Waals surface area contributed by atoms with Gasteiger partial charge in [0, 0.05) is 36.8 Å². The Morgan fingerprint density at radius 2 is 1.96 bits per heavy atom. The molecule has 3 heterocycles. The summed E-state index contributed by atoms with van der Waals surface area (Å²) < 4.78 is 7.76. The fraction of sp³-hybridized carbons (Fsp3) is 0.294. The molecule has 6 heteroatoms. The number of halogens is 1. The number of anilines is 1. The van der Waals surface area contributed by atoms with Gasteiger partial charge in [-0.3, -0.25) is 0 Å². The van der Waals surface area contributed by atoms with Gasteiger partial charge in [-0.1, -0.05) is 12.1 Å². The van der Waals surface area contributed by atoms with E-state index in [2.05, 4.69) is 62.1 Å². The van der Waals surface area contributed by atoms with Gasteiger partial charge in [-0.15, -0.1) is 11.3 Å². The summed E-state index contributed by atoms with van der Waals surface area (Å²) in [7, 11) is 0. The molecular weight excluding hydrogens is 421 g/mol. The van der Waals surface area contributed by atoms with Crippen molar-refractivity contribution in [2.45, 2.75) is 6.42 Å². The maximum atomic E-state index is 5.40. The third-order valence-corrected chi connectivity index (χ3v) is 6.15. The van der Waals surface area contributed by atoms with Crippen molar-refractivity contribution in [1.29, 1.82) is 0 Å². The number of morpholine rings is 1. The van der Waals surface area contributed by atoms with Crippen molar-refractivity contribution in [2.75, 3.05) is 31.2 Å². The smallest absolute Gasteiger partial charge is 0.133 e. The van der Waals surface area contributed by atoms with Gasteiger partial charge >= 0.3 is 0 Å². The lowest BCUT2D eigenvalue weighted by molar-refractivity contribution is 0.122. The summed E-state index contributed by atoms with van der Waals surface area (Å²) in [6.45, 7) is 3.56. The summed E-state index contributed by atoms with van der Waals surface area (Å²) >= 11 is 4.03. The van der Waals surface area contributed by atoms with Crippen LogP contribution in [0.25, 0.3) is 10.2 Å². The van der Waals surface area contributed by atoms with Gasteiger partial charge in [-0.25, -0.2) is 9.97 Å². The van der Waals surface area contributed by atoms with Crippen molar-refractivity contribution >= 4 is 49.8 Å². The summed E-state index contributed by atoms with van der Waals surface area (Å²) in [6.07, 6.45) is 2.71. The van der Waals surface area contributed by atoms with Gasteiger partial charge in [0.15, 0.2) is 0 Å². The van der Waals surface area contributed by atoms with Crippen LogP contribution in [-0.2, 0) is 11.2 Å². The second-order valence-corrected chi connectivity index (χ2v) is 7.60. The zero-order valence-electron chi connectivity index (χ0n) is 12.5. The molecule has 118 valence electrons. The maximum Gasteiger partial charge on any atom is 0.133 e. The molecule has 0 saturated carbocycles. The lowest BCUT2D eigenvalue weighted by atomic mass is 10.1. The van der Waals surface area contributed by atoms with Crippen molar-refractivity contribution in [3.8, 4) is 0 Å². The van der Waals surface area contributed by atoms with Crippen LogP contribution >= 0.6 is 33.9 Å². The molecule has 0 radical (unpaired) electrons. The largest absolute Gasteiger partial charge is 0.378 e. The van der Waals surface area contributed by atoms with Crippen LogP contribution in [0.2, 0.25) is 0 Å². The SMILES string of the molecule is Ic1csc2cnc(Cc3ccc(N4CCOCC4)cc3)nc12. The lowest BCUT2D eigenvalue weighted by Crippen LogP contribution is -2.36. The van der Waals surface area contributed by atoms with Gasteiger partial charge in [0.2, 0.25) is 0 Å². The Kier molecular flexibility index (Phi) is 4.46. The summed E-state index contributed by atoms with van der Waals surface area (Å²) in [5, 5.41) is 2.13. The average Bonchev–Trinajstić information content (AvgIpc) is 2.97. The van der Waals surface area contributed by atoms with Gasteiger partial charge in [0.1, 0.15) is 5.82 Å². The molecule has 23 heavy (non-hydrogen) atoms. The number of fused-ring (bicyclic) bond motifs is 1. The molecule has 3 aromatic rings. The molecular formula is C17H16IN3OS. The molecule has 0 amide bonds. The molecule has 0 bridgehead atoms. The van der Waals surface area contributed by atoms with E-state index < -0.39 is 0 Å². The average molecular weight is 437 g/mol.